The van der Waals surface area contributed by atoms with Gasteiger partial charge in [-0.3, -0.25) is 4.90 Å². The second-order valence-corrected chi connectivity index (χ2v) is 4.59. The van der Waals surface area contributed by atoms with Crippen LogP contribution in [0.25, 0.3) is 0 Å². The van der Waals surface area contributed by atoms with Gasteiger partial charge in [-0.1, -0.05) is 31.2 Å². The standard InChI is InChI=1S/C14H22N2/c1-3-16(14-8-9-14)11-13-7-5-4-6-12(13)10-15-2/h4-7,14-15H,3,8-11H2,1-2H3. The van der Waals surface area contributed by atoms with Crippen LogP contribution in [0.5, 0.6) is 0 Å². The van der Waals surface area contributed by atoms with Crippen LogP contribution in [-0.2, 0) is 13.1 Å². The van der Waals surface area contributed by atoms with Crippen LogP contribution in [-0.4, -0.2) is 24.5 Å². The number of nitrogens with one attached hydrogen (secondary N) is 1. The zero-order valence-electron chi connectivity index (χ0n) is 10.4. The maximum atomic E-state index is 3.24. The first-order valence-corrected chi connectivity index (χ1v) is 6.30. The van der Waals surface area contributed by atoms with Crippen LogP contribution in [0, 0.1) is 0 Å². The molecule has 0 spiro atoms. The minimum atomic E-state index is 0.854. The molecule has 0 atom stereocenters. The molecular weight excluding hydrogens is 196 g/mol. The predicted molar refractivity (Wildman–Crippen MR) is 68.3 cm³/mol. The predicted octanol–water partition coefficient (Wildman–Crippen LogP) is 2.39. The Morgan fingerprint density at radius 2 is 1.94 bits per heavy atom. The number of hydrogen-bond acceptors (Lipinski definition) is 2. The summed E-state index contributed by atoms with van der Waals surface area (Å²) in [6.07, 6.45) is 2.78. The van der Waals surface area contributed by atoms with Gasteiger partial charge in [0, 0.05) is 19.1 Å². The third kappa shape index (κ3) is 2.83. The zero-order chi connectivity index (χ0) is 11.4. The molecule has 0 unspecified atom stereocenters. The molecular formula is C14H22N2. The fourth-order valence-corrected chi connectivity index (χ4v) is 2.23. The Bertz CT molecular complexity index is 331. The summed E-state index contributed by atoms with van der Waals surface area (Å²) >= 11 is 0. The second-order valence-electron chi connectivity index (χ2n) is 4.59. The average Bonchev–Trinajstić information content (AvgIpc) is 3.12. The lowest BCUT2D eigenvalue weighted by molar-refractivity contribution is 0.268. The molecule has 0 aromatic heterocycles. The minimum absolute atomic E-state index is 0.854. The minimum Gasteiger partial charge on any atom is -0.316 e. The largest absolute Gasteiger partial charge is 0.316 e. The molecule has 1 aromatic rings. The maximum Gasteiger partial charge on any atom is 0.0239 e. The van der Waals surface area contributed by atoms with Crippen molar-refractivity contribution >= 4 is 0 Å². The van der Waals surface area contributed by atoms with Crippen LogP contribution in [0.1, 0.15) is 30.9 Å². The number of nitrogens with zero attached hydrogens (tertiary/aromatic N) is 1. The van der Waals surface area contributed by atoms with Crippen LogP contribution >= 0.6 is 0 Å². The quantitative estimate of drug-likeness (QED) is 0.788. The molecule has 2 rings (SSSR count). The summed E-state index contributed by atoms with van der Waals surface area (Å²) in [5, 5.41) is 3.24. The lowest BCUT2D eigenvalue weighted by Crippen LogP contribution is -2.26. The SMILES string of the molecule is CCN(Cc1ccccc1CNC)C1CC1. The molecule has 0 amide bonds. The highest BCUT2D eigenvalue weighted by atomic mass is 15.2. The number of benzene rings is 1. The summed E-state index contributed by atoms with van der Waals surface area (Å²) in [6.45, 7) is 5.51. The lowest BCUT2D eigenvalue weighted by atomic mass is 10.1. The van der Waals surface area contributed by atoms with E-state index < -0.39 is 0 Å². The molecule has 0 heterocycles. The van der Waals surface area contributed by atoms with Crippen molar-refractivity contribution in [1.29, 1.82) is 0 Å². The molecule has 0 saturated heterocycles. The first kappa shape index (κ1) is 11.6. The molecule has 16 heavy (non-hydrogen) atoms. The molecule has 1 fully saturated rings. The first-order chi connectivity index (χ1) is 7.85. The Labute approximate surface area is 98.7 Å². The summed E-state index contributed by atoms with van der Waals surface area (Å²) in [5.41, 5.74) is 2.91. The van der Waals surface area contributed by atoms with E-state index in [9.17, 15) is 0 Å². The van der Waals surface area contributed by atoms with E-state index in [-0.39, 0.29) is 0 Å². The summed E-state index contributed by atoms with van der Waals surface area (Å²) in [5.74, 6) is 0. The molecule has 2 nitrogen and oxygen atoms in total. The fourth-order valence-electron chi connectivity index (χ4n) is 2.23. The molecule has 0 radical (unpaired) electrons. The Morgan fingerprint density at radius 1 is 1.25 bits per heavy atom. The zero-order valence-corrected chi connectivity index (χ0v) is 10.4. The van der Waals surface area contributed by atoms with Crippen molar-refractivity contribution in [3.8, 4) is 0 Å². The molecule has 1 aromatic carbocycles. The number of rotatable bonds is 6. The van der Waals surface area contributed by atoms with E-state index in [4.69, 9.17) is 0 Å². The summed E-state index contributed by atoms with van der Waals surface area (Å²) in [4.78, 5) is 2.59. The molecule has 1 saturated carbocycles. The smallest absolute Gasteiger partial charge is 0.0239 e. The van der Waals surface area contributed by atoms with E-state index in [2.05, 4.69) is 41.4 Å². The van der Waals surface area contributed by atoms with Gasteiger partial charge >= 0.3 is 0 Å². The average molecular weight is 218 g/mol. The molecule has 88 valence electrons. The van der Waals surface area contributed by atoms with Crippen LogP contribution in [0.15, 0.2) is 24.3 Å². The third-order valence-electron chi connectivity index (χ3n) is 3.33. The van der Waals surface area contributed by atoms with Crippen molar-refractivity contribution in [1.82, 2.24) is 10.2 Å². The van der Waals surface area contributed by atoms with E-state index in [1.807, 2.05) is 7.05 Å². The Kier molecular flexibility index (Phi) is 3.97. The molecule has 0 bridgehead atoms. The monoisotopic (exact) mass is 218 g/mol. The molecule has 1 N–H and O–H groups in total. The fraction of sp³-hybridized carbons (Fsp3) is 0.571. The van der Waals surface area contributed by atoms with Crippen LogP contribution in [0.2, 0.25) is 0 Å². The van der Waals surface area contributed by atoms with E-state index in [1.165, 1.54) is 30.5 Å². The maximum absolute atomic E-state index is 3.24. The van der Waals surface area contributed by atoms with Crippen molar-refractivity contribution in [2.45, 2.75) is 38.9 Å². The Hall–Kier alpha value is -0.860. The summed E-state index contributed by atoms with van der Waals surface area (Å²) in [7, 11) is 2.01. The van der Waals surface area contributed by atoms with E-state index in [0.717, 1.165) is 19.1 Å². The molecule has 2 heteroatoms. The second kappa shape index (κ2) is 5.46. The van der Waals surface area contributed by atoms with Gasteiger partial charge in [0.15, 0.2) is 0 Å². The van der Waals surface area contributed by atoms with Gasteiger partial charge in [0.1, 0.15) is 0 Å². The Balaban J connectivity index is 2.06. The topological polar surface area (TPSA) is 15.3 Å². The van der Waals surface area contributed by atoms with Crippen molar-refractivity contribution in [2.24, 2.45) is 0 Å². The van der Waals surface area contributed by atoms with Crippen LogP contribution < -0.4 is 5.32 Å². The van der Waals surface area contributed by atoms with E-state index in [1.54, 1.807) is 0 Å². The van der Waals surface area contributed by atoms with Crippen LogP contribution in [0.3, 0.4) is 0 Å². The van der Waals surface area contributed by atoms with Crippen molar-refractivity contribution in [2.75, 3.05) is 13.6 Å². The van der Waals surface area contributed by atoms with Gasteiger partial charge in [-0.2, -0.15) is 0 Å². The van der Waals surface area contributed by atoms with E-state index >= 15 is 0 Å². The third-order valence-corrected chi connectivity index (χ3v) is 3.33. The number of hydrogen-bond donors (Lipinski definition) is 1. The molecule has 0 aliphatic heterocycles. The summed E-state index contributed by atoms with van der Waals surface area (Å²) in [6, 6.07) is 9.62. The summed E-state index contributed by atoms with van der Waals surface area (Å²) < 4.78 is 0. The molecule has 1 aliphatic carbocycles. The van der Waals surface area contributed by atoms with E-state index in [0.29, 0.717) is 0 Å². The van der Waals surface area contributed by atoms with Crippen molar-refractivity contribution in [3.63, 3.8) is 0 Å². The highest BCUT2D eigenvalue weighted by Crippen LogP contribution is 2.28. The highest BCUT2D eigenvalue weighted by molar-refractivity contribution is 5.27. The van der Waals surface area contributed by atoms with Gasteiger partial charge in [-0.05, 0) is 37.6 Å². The van der Waals surface area contributed by atoms with Crippen LogP contribution in [0.4, 0.5) is 0 Å². The van der Waals surface area contributed by atoms with Gasteiger partial charge in [0.05, 0.1) is 0 Å². The first-order valence-electron chi connectivity index (χ1n) is 6.30. The molecule has 1 aliphatic rings. The Morgan fingerprint density at radius 3 is 2.50 bits per heavy atom. The van der Waals surface area contributed by atoms with Gasteiger partial charge in [-0.25, -0.2) is 0 Å². The lowest BCUT2D eigenvalue weighted by Gasteiger charge is -2.21. The van der Waals surface area contributed by atoms with Crippen molar-refractivity contribution < 1.29 is 0 Å². The highest BCUT2D eigenvalue weighted by Gasteiger charge is 2.27. The van der Waals surface area contributed by atoms with Gasteiger partial charge in [0.25, 0.3) is 0 Å². The normalized spacial score (nSPS) is 15.7. The van der Waals surface area contributed by atoms with Gasteiger partial charge in [0.2, 0.25) is 0 Å². The van der Waals surface area contributed by atoms with Crippen molar-refractivity contribution in [3.05, 3.63) is 35.4 Å². The van der Waals surface area contributed by atoms with Gasteiger partial charge < -0.3 is 5.32 Å². The van der Waals surface area contributed by atoms with Gasteiger partial charge in [-0.15, -0.1) is 0 Å².